The molecule has 1 fully saturated rings. The molecular weight excluding hydrogens is 172 g/mol. The number of H-pyrrole nitrogens is 1. The molecule has 0 unspecified atom stereocenters. The molecule has 0 bridgehead atoms. The molecule has 70 valence electrons. The van der Waals surface area contributed by atoms with E-state index in [1.54, 1.807) is 6.33 Å². The van der Waals surface area contributed by atoms with E-state index in [0.29, 0.717) is 0 Å². The molecule has 1 N–H and O–H groups in total. The van der Waals surface area contributed by atoms with E-state index in [4.69, 9.17) is 0 Å². The van der Waals surface area contributed by atoms with Crippen LogP contribution in [0.25, 0.3) is 11.3 Å². The van der Waals surface area contributed by atoms with Gasteiger partial charge >= 0.3 is 0 Å². The Labute approximate surface area is 83.0 Å². The van der Waals surface area contributed by atoms with Crippen molar-refractivity contribution in [2.45, 2.75) is 18.8 Å². The van der Waals surface area contributed by atoms with Gasteiger partial charge in [-0.05, 0) is 36.0 Å². The SMILES string of the molecule is c1cc(-c2cnc[nH]2)cc(C2CC2)c1. The molecule has 0 atom stereocenters. The fourth-order valence-electron chi connectivity index (χ4n) is 1.79. The Morgan fingerprint density at radius 3 is 2.93 bits per heavy atom. The third-order valence-corrected chi connectivity index (χ3v) is 2.74. The zero-order valence-electron chi connectivity index (χ0n) is 7.90. The van der Waals surface area contributed by atoms with Crippen molar-refractivity contribution in [3.8, 4) is 11.3 Å². The average Bonchev–Trinajstić information content (AvgIpc) is 2.94. The molecule has 14 heavy (non-hydrogen) atoms. The molecule has 1 aromatic carbocycles. The Kier molecular flexibility index (Phi) is 1.66. The van der Waals surface area contributed by atoms with Crippen molar-refractivity contribution in [1.29, 1.82) is 0 Å². The number of imidazole rings is 1. The van der Waals surface area contributed by atoms with Gasteiger partial charge in [-0.25, -0.2) is 4.98 Å². The van der Waals surface area contributed by atoms with E-state index < -0.39 is 0 Å². The van der Waals surface area contributed by atoms with Crippen LogP contribution in [0.1, 0.15) is 24.3 Å². The van der Waals surface area contributed by atoms with Gasteiger partial charge in [-0.2, -0.15) is 0 Å². The van der Waals surface area contributed by atoms with E-state index >= 15 is 0 Å². The summed E-state index contributed by atoms with van der Waals surface area (Å²) in [4.78, 5) is 7.16. The van der Waals surface area contributed by atoms with Crippen LogP contribution in [0.2, 0.25) is 0 Å². The zero-order valence-corrected chi connectivity index (χ0v) is 7.90. The normalized spacial score (nSPS) is 15.7. The Morgan fingerprint density at radius 2 is 2.21 bits per heavy atom. The van der Waals surface area contributed by atoms with Gasteiger partial charge in [0.15, 0.2) is 0 Å². The summed E-state index contributed by atoms with van der Waals surface area (Å²) in [6, 6.07) is 8.74. The molecule has 0 aliphatic heterocycles. The molecule has 1 aliphatic carbocycles. The van der Waals surface area contributed by atoms with Crippen LogP contribution in [0, 0.1) is 0 Å². The molecule has 2 aromatic rings. The summed E-state index contributed by atoms with van der Waals surface area (Å²) < 4.78 is 0. The molecule has 3 rings (SSSR count). The largest absolute Gasteiger partial charge is 0.345 e. The Hall–Kier alpha value is -1.57. The summed E-state index contributed by atoms with van der Waals surface area (Å²) in [6.45, 7) is 0. The molecular formula is C12H12N2. The van der Waals surface area contributed by atoms with E-state index in [1.807, 2.05) is 6.20 Å². The first kappa shape index (κ1) is 7.80. The third-order valence-electron chi connectivity index (χ3n) is 2.74. The summed E-state index contributed by atoms with van der Waals surface area (Å²) in [6.07, 6.45) is 6.30. The van der Waals surface area contributed by atoms with Crippen molar-refractivity contribution in [3.63, 3.8) is 0 Å². The first-order valence-electron chi connectivity index (χ1n) is 5.02. The third kappa shape index (κ3) is 1.33. The highest BCUT2D eigenvalue weighted by Crippen LogP contribution is 2.40. The van der Waals surface area contributed by atoms with E-state index in [2.05, 4.69) is 34.2 Å². The smallest absolute Gasteiger partial charge is 0.0924 e. The van der Waals surface area contributed by atoms with Crippen LogP contribution in [-0.2, 0) is 0 Å². The molecule has 2 heteroatoms. The summed E-state index contributed by atoms with van der Waals surface area (Å²) in [5.74, 6) is 0.817. The Bertz CT molecular complexity index is 427. The van der Waals surface area contributed by atoms with Crippen molar-refractivity contribution in [1.82, 2.24) is 9.97 Å². The fourth-order valence-corrected chi connectivity index (χ4v) is 1.79. The highest BCUT2D eigenvalue weighted by molar-refractivity contribution is 5.59. The molecule has 0 radical (unpaired) electrons. The maximum atomic E-state index is 4.03. The lowest BCUT2D eigenvalue weighted by Crippen LogP contribution is -1.81. The lowest BCUT2D eigenvalue weighted by Gasteiger charge is -2.01. The van der Waals surface area contributed by atoms with Crippen LogP contribution in [0.5, 0.6) is 0 Å². The van der Waals surface area contributed by atoms with Crippen LogP contribution in [-0.4, -0.2) is 9.97 Å². The van der Waals surface area contributed by atoms with E-state index in [9.17, 15) is 0 Å². The number of hydrogen-bond donors (Lipinski definition) is 1. The molecule has 0 saturated heterocycles. The lowest BCUT2D eigenvalue weighted by molar-refractivity contribution is 1.13. The molecule has 1 aliphatic rings. The minimum Gasteiger partial charge on any atom is -0.345 e. The second kappa shape index (κ2) is 2.98. The quantitative estimate of drug-likeness (QED) is 0.763. The van der Waals surface area contributed by atoms with Gasteiger partial charge in [0.05, 0.1) is 18.2 Å². The van der Waals surface area contributed by atoms with Crippen LogP contribution < -0.4 is 0 Å². The average molecular weight is 184 g/mol. The number of hydrogen-bond acceptors (Lipinski definition) is 1. The maximum Gasteiger partial charge on any atom is 0.0924 e. The zero-order chi connectivity index (χ0) is 9.38. The summed E-state index contributed by atoms with van der Waals surface area (Å²) in [5, 5.41) is 0. The first-order chi connectivity index (χ1) is 6.93. The van der Waals surface area contributed by atoms with Crippen molar-refractivity contribution in [3.05, 3.63) is 42.4 Å². The first-order valence-corrected chi connectivity index (χ1v) is 5.02. The Morgan fingerprint density at radius 1 is 1.29 bits per heavy atom. The van der Waals surface area contributed by atoms with Gasteiger partial charge in [0.1, 0.15) is 0 Å². The van der Waals surface area contributed by atoms with Gasteiger partial charge in [0.2, 0.25) is 0 Å². The second-order valence-electron chi connectivity index (χ2n) is 3.87. The monoisotopic (exact) mass is 184 g/mol. The maximum absolute atomic E-state index is 4.03. The van der Waals surface area contributed by atoms with E-state index in [1.165, 1.54) is 24.0 Å². The number of benzene rings is 1. The van der Waals surface area contributed by atoms with Gasteiger partial charge in [-0.3, -0.25) is 0 Å². The van der Waals surface area contributed by atoms with Gasteiger partial charge in [0, 0.05) is 0 Å². The van der Waals surface area contributed by atoms with Crippen LogP contribution in [0.15, 0.2) is 36.8 Å². The molecule has 1 heterocycles. The minimum absolute atomic E-state index is 0.817. The van der Waals surface area contributed by atoms with Crippen LogP contribution >= 0.6 is 0 Å². The van der Waals surface area contributed by atoms with Gasteiger partial charge < -0.3 is 4.98 Å². The number of nitrogens with one attached hydrogen (secondary N) is 1. The molecule has 1 saturated carbocycles. The predicted molar refractivity (Wildman–Crippen MR) is 56.0 cm³/mol. The topological polar surface area (TPSA) is 28.7 Å². The standard InChI is InChI=1S/C12H12N2/c1-2-10(9-4-5-9)6-11(3-1)12-7-13-8-14-12/h1-3,6-9H,4-5H2,(H,13,14). The fraction of sp³-hybridized carbons (Fsp3) is 0.250. The minimum atomic E-state index is 0.817. The van der Waals surface area contributed by atoms with Gasteiger partial charge in [0.25, 0.3) is 0 Å². The number of aromatic amines is 1. The summed E-state index contributed by atoms with van der Waals surface area (Å²) in [7, 11) is 0. The molecule has 0 spiro atoms. The second-order valence-corrected chi connectivity index (χ2v) is 3.87. The number of rotatable bonds is 2. The van der Waals surface area contributed by atoms with Crippen molar-refractivity contribution < 1.29 is 0 Å². The molecule has 1 aromatic heterocycles. The number of nitrogens with zero attached hydrogens (tertiary/aromatic N) is 1. The van der Waals surface area contributed by atoms with Gasteiger partial charge in [-0.15, -0.1) is 0 Å². The molecule has 0 amide bonds. The summed E-state index contributed by atoms with van der Waals surface area (Å²) >= 11 is 0. The van der Waals surface area contributed by atoms with E-state index in [-0.39, 0.29) is 0 Å². The van der Waals surface area contributed by atoms with E-state index in [0.717, 1.165) is 11.6 Å². The van der Waals surface area contributed by atoms with Crippen molar-refractivity contribution in [2.24, 2.45) is 0 Å². The van der Waals surface area contributed by atoms with Crippen LogP contribution in [0.3, 0.4) is 0 Å². The summed E-state index contributed by atoms with van der Waals surface area (Å²) in [5.41, 5.74) is 3.82. The highest BCUT2D eigenvalue weighted by atomic mass is 14.9. The lowest BCUT2D eigenvalue weighted by atomic mass is 10.1. The predicted octanol–water partition coefficient (Wildman–Crippen LogP) is 2.95. The molecule has 2 nitrogen and oxygen atoms in total. The van der Waals surface area contributed by atoms with Gasteiger partial charge in [-0.1, -0.05) is 18.2 Å². The van der Waals surface area contributed by atoms with Crippen molar-refractivity contribution >= 4 is 0 Å². The number of aromatic nitrogens is 2. The van der Waals surface area contributed by atoms with Crippen LogP contribution in [0.4, 0.5) is 0 Å². The van der Waals surface area contributed by atoms with Crippen molar-refractivity contribution in [2.75, 3.05) is 0 Å². The highest BCUT2D eigenvalue weighted by Gasteiger charge is 2.23. The Balaban J connectivity index is 2.02.